The molecule has 1 rings (SSSR count). The zero-order valence-corrected chi connectivity index (χ0v) is 12.2. The van der Waals surface area contributed by atoms with Crippen LogP contribution < -0.4 is 10.6 Å². The van der Waals surface area contributed by atoms with Gasteiger partial charge in [0.25, 0.3) is 0 Å². The maximum atomic E-state index is 11.3. The van der Waals surface area contributed by atoms with Gasteiger partial charge in [0.1, 0.15) is 0 Å². The number of hydrogen-bond acceptors (Lipinski definition) is 4. The lowest BCUT2D eigenvalue weighted by atomic mass is 9.95. The van der Waals surface area contributed by atoms with Gasteiger partial charge in [-0.25, -0.2) is 4.79 Å². The van der Waals surface area contributed by atoms with E-state index in [0.29, 0.717) is 17.4 Å². The lowest BCUT2D eigenvalue weighted by molar-refractivity contribution is 0.0601. The minimum atomic E-state index is -0.304. The molecule has 0 bridgehead atoms. The van der Waals surface area contributed by atoms with E-state index in [1.807, 2.05) is 19.2 Å². The average molecular weight is 264 g/mol. The van der Waals surface area contributed by atoms with Gasteiger partial charge in [-0.2, -0.15) is 0 Å². The zero-order chi connectivity index (χ0) is 14.3. The molecule has 0 aliphatic heterocycles. The average Bonchev–Trinajstić information content (AvgIpc) is 2.42. The Morgan fingerprint density at radius 1 is 1.21 bits per heavy atom. The Morgan fingerprint density at radius 2 is 1.84 bits per heavy atom. The topological polar surface area (TPSA) is 50.4 Å². The van der Waals surface area contributed by atoms with Gasteiger partial charge in [0.15, 0.2) is 0 Å². The maximum absolute atomic E-state index is 11.3. The van der Waals surface area contributed by atoms with Crippen molar-refractivity contribution in [2.24, 2.45) is 11.8 Å². The van der Waals surface area contributed by atoms with E-state index in [1.54, 1.807) is 12.1 Å². The van der Waals surface area contributed by atoms with Crippen LogP contribution in [0.3, 0.4) is 0 Å². The van der Waals surface area contributed by atoms with Gasteiger partial charge in [0.2, 0.25) is 0 Å². The largest absolute Gasteiger partial charge is 0.465 e. The Bertz CT molecular complexity index is 388. The van der Waals surface area contributed by atoms with Crippen LogP contribution in [0.1, 0.15) is 24.2 Å². The molecule has 4 nitrogen and oxygen atoms in total. The SMILES string of the molecule is CNCC(CNc1ccc(C(=O)OC)cc1)C(C)C. The van der Waals surface area contributed by atoms with Gasteiger partial charge in [0, 0.05) is 12.2 Å². The molecule has 19 heavy (non-hydrogen) atoms. The fraction of sp³-hybridized carbons (Fsp3) is 0.533. The molecule has 106 valence electrons. The van der Waals surface area contributed by atoms with E-state index in [4.69, 9.17) is 0 Å². The van der Waals surface area contributed by atoms with Crippen molar-refractivity contribution in [2.45, 2.75) is 13.8 Å². The van der Waals surface area contributed by atoms with E-state index < -0.39 is 0 Å². The van der Waals surface area contributed by atoms with Crippen LogP contribution in [0.15, 0.2) is 24.3 Å². The molecule has 0 amide bonds. The molecule has 4 heteroatoms. The molecule has 0 spiro atoms. The number of carbonyl (C=O) groups excluding carboxylic acids is 1. The van der Waals surface area contributed by atoms with Gasteiger partial charge in [-0.3, -0.25) is 0 Å². The van der Waals surface area contributed by atoms with Crippen molar-refractivity contribution >= 4 is 11.7 Å². The standard InChI is InChI=1S/C15H24N2O2/c1-11(2)13(9-16-3)10-17-14-7-5-12(6-8-14)15(18)19-4/h5-8,11,13,16-17H,9-10H2,1-4H3. The summed E-state index contributed by atoms with van der Waals surface area (Å²) in [7, 11) is 3.36. The van der Waals surface area contributed by atoms with E-state index in [2.05, 4.69) is 29.2 Å². The number of hydrogen-bond donors (Lipinski definition) is 2. The van der Waals surface area contributed by atoms with Gasteiger partial charge in [-0.05, 0) is 49.7 Å². The summed E-state index contributed by atoms with van der Waals surface area (Å²) in [6.07, 6.45) is 0. The highest BCUT2D eigenvalue weighted by molar-refractivity contribution is 5.89. The number of benzene rings is 1. The smallest absolute Gasteiger partial charge is 0.337 e. The Labute approximate surface area is 115 Å². The van der Waals surface area contributed by atoms with Crippen LogP contribution in [0.25, 0.3) is 0 Å². The molecule has 0 saturated heterocycles. The van der Waals surface area contributed by atoms with Gasteiger partial charge in [-0.15, -0.1) is 0 Å². The molecule has 1 aromatic rings. The van der Waals surface area contributed by atoms with Gasteiger partial charge >= 0.3 is 5.97 Å². The number of anilines is 1. The molecule has 0 radical (unpaired) electrons. The predicted octanol–water partition coefficient (Wildman–Crippen LogP) is 2.38. The summed E-state index contributed by atoms with van der Waals surface area (Å²) in [6, 6.07) is 7.36. The number of rotatable bonds is 7. The molecular formula is C15H24N2O2. The van der Waals surface area contributed by atoms with Crippen LogP contribution >= 0.6 is 0 Å². The van der Waals surface area contributed by atoms with E-state index >= 15 is 0 Å². The second-order valence-electron chi connectivity index (χ2n) is 5.01. The fourth-order valence-electron chi connectivity index (χ4n) is 1.90. The second-order valence-corrected chi connectivity index (χ2v) is 5.01. The van der Waals surface area contributed by atoms with E-state index in [0.717, 1.165) is 18.8 Å². The zero-order valence-electron chi connectivity index (χ0n) is 12.2. The van der Waals surface area contributed by atoms with Gasteiger partial charge in [0.05, 0.1) is 12.7 Å². The maximum Gasteiger partial charge on any atom is 0.337 e. The lowest BCUT2D eigenvalue weighted by Crippen LogP contribution is -2.29. The Kier molecular flexibility index (Phi) is 6.36. The Balaban J connectivity index is 2.55. The molecule has 1 aromatic carbocycles. The Hall–Kier alpha value is -1.55. The van der Waals surface area contributed by atoms with Crippen LogP contribution in [0.2, 0.25) is 0 Å². The normalized spacial score (nSPS) is 12.3. The summed E-state index contributed by atoms with van der Waals surface area (Å²) in [5, 5.41) is 6.62. The minimum absolute atomic E-state index is 0.304. The first kappa shape index (κ1) is 15.5. The van der Waals surface area contributed by atoms with Crippen LogP contribution in [-0.2, 0) is 4.74 Å². The number of ether oxygens (including phenoxy) is 1. The highest BCUT2D eigenvalue weighted by Crippen LogP contribution is 2.14. The quantitative estimate of drug-likeness (QED) is 0.742. The van der Waals surface area contributed by atoms with Crippen molar-refractivity contribution in [3.8, 4) is 0 Å². The number of carbonyl (C=O) groups is 1. The van der Waals surface area contributed by atoms with Gasteiger partial charge < -0.3 is 15.4 Å². The molecule has 0 aromatic heterocycles. The molecule has 0 aliphatic carbocycles. The van der Waals surface area contributed by atoms with Crippen molar-refractivity contribution in [3.63, 3.8) is 0 Å². The first-order valence-corrected chi connectivity index (χ1v) is 6.65. The number of esters is 1. The third kappa shape index (κ3) is 4.91. The molecule has 1 unspecified atom stereocenters. The van der Waals surface area contributed by atoms with Crippen LogP contribution in [0, 0.1) is 11.8 Å². The first-order valence-electron chi connectivity index (χ1n) is 6.65. The van der Waals surface area contributed by atoms with Gasteiger partial charge in [-0.1, -0.05) is 13.8 Å². The molecule has 0 saturated carbocycles. The molecule has 0 heterocycles. The van der Waals surface area contributed by atoms with Crippen molar-refractivity contribution in [2.75, 3.05) is 32.6 Å². The predicted molar refractivity (Wildman–Crippen MR) is 78.5 cm³/mol. The highest BCUT2D eigenvalue weighted by Gasteiger charge is 2.12. The Morgan fingerprint density at radius 3 is 2.32 bits per heavy atom. The second kappa shape index (κ2) is 7.79. The van der Waals surface area contributed by atoms with E-state index in [1.165, 1.54) is 7.11 Å². The number of nitrogens with one attached hydrogen (secondary N) is 2. The third-order valence-corrected chi connectivity index (χ3v) is 3.28. The monoisotopic (exact) mass is 264 g/mol. The molecule has 2 N–H and O–H groups in total. The summed E-state index contributed by atoms with van der Waals surface area (Å²) in [5.74, 6) is 0.890. The van der Waals surface area contributed by atoms with Crippen LogP contribution in [-0.4, -0.2) is 33.2 Å². The summed E-state index contributed by atoms with van der Waals surface area (Å²) >= 11 is 0. The fourth-order valence-corrected chi connectivity index (χ4v) is 1.90. The summed E-state index contributed by atoms with van der Waals surface area (Å²) in [4.78, 5) is 11.3. The van der Waals surface area contributed by atoms with Crippen LogP contribution in [0.4, 0.5) is 5.69 Å². The summed E-state index contributed by atoms with van der Waals surface area (Å²) < 4.78 is 4.67. The third-order valence-electron chi connectivity index (χ3n) is 3.28. The molecular weight excluding hydrogens is 240 g/mol. The molecule has 1 atom stereocenters. The van der Waals surface area contributed by atoms with Crippen molar-refractivity contribution in [1.29, 1.82) is 0 Å². The molecule has 0 aliphatic rings. The first-order chi connectivity index (χ1) is 9.08. The molecule has 0 fully saturated rings. The van der Waals surface area contributed by atoms with Crippen molar-refractivity contribution in [1.82, 2.24) is 5.32 Å². The minimum Gasteiger partial charge on any atom is -0.465 e. The van der Waals surface area contributed by atoms with Crippen LogP contribution in [0.5, 0.6) is 0 Å². The van der Waals surface area contributed by atoms with E-state index in [9.17, 15) is 4.79 Å². The van der Waals surface area contributed by atoms with E-state index in [-0.39, 0.29) is 5.97 Å². The van der Waals surface area contributed by atoms with Crippen molar-refractivity contribution in [3.05, 3.63) is 29.8 Å². The summed E-state index contributed by atoms with van der Waals surface area (Å²) in [5.41, 5.74) is 1.60. The highest BCUT2D eigenvalue weighted by atomic mass is 16.5. The number of methoxy groups -OCH3 is 1. The lowest BCUT2D eigenvalue weighted by Gasteiger charge is -2.21. The summed E-state index contributed by atoms with van der Waals surface area (Å²) in [6.45, 7) is 6.36. The van der Waals surface area contributed by atoms with Crippen molar-refractivity contribution < 1.29 is 9.53 Å².